The van der Waals surface area contributed by atoms with Gasteiger partial charge in [-0.2, -0.15) is 0 Å². The predicted octanol–water partition coefficient (Wildman–Crippen LogP) is 7.79. The molecule has 0 spiro atoms. The van der Waals surface area contributed by atoms with Gasteiger partial charge in [-0.15, -0.1) is 0 Å². The number of ether oxygens (including phenoxy) is 2. The molecule has 0 saturated carbocycles. The second kappa shape index (κ2) is 9.63. The van der Waals surface area contributed by atoms with Gasteiger partial charge in [-0.05, 0) is 71.8 Å². The summed E-state index contributed by atoms with van der Waals surface area (Å²) in [5.74, 6) is 2.61. The Bertz CT molecular complexity index is 1160. The summed E-state index contributed by atoms with van der Waals surface area (Å²) in [5, 5.41) is 0. The average Bonchev–Trinajstić information content (AvgIpc) is 2.84. The Hall–Kier alpha value is -4.37. The van der Waals surface area contributed by atoms with Crippen LogP contribution in [0.3, 0.4) is 0 Å². The highest BCUT2D eigenvalue weighted by atomic mass is 16.5. The van der Waals surface area contributed by atoms with Crippen LogP contribution < -0.4 is 9.47 Å². The lowest BCUT2D eigenvalue weighted by Crippen LogP contribution is -2.06. The van der Waals surface area contributed by atoms with Crippen LogP contribution in [-0.2, 0) is 0 Å². The predicted molar refractivity (Wildman–Crippen MR) is 130 cm³/mol. The van der Waals surface area contributed by atoms with Crippen molar-refractivity contribution in [1.29, 1.82) is 0 Å². The van der Waals surface area contributed by atoms with Gasteiger partial charge in [0.05, 0.1) is 0 Å². The van der Waals surface area contributed by atoms with Gasteiger partial charge in [0.1, 0.15) is 23.0 Å². The minimum atomic E-state index is -0.118. The van der Waals surface area contributed by atoms with Gasteiger partial charge in [0.15, 0.2) is 5.78 Å². The first-order chi connectivity index (χ1) is 15.7. The first-order valence-electron chi connectivity index (χ1n) is 10.2. The maximum atomic E-state index is 13.4. The van der Waals surface area contributed by atoms with Gasteiger partial charge in [0.25, 0.3) is 0 Å². The fourth-order valence-electron chi connectivity index (χ4n) is 3.35. The van der Waals surface area contributed by atoms with Gasteiger partial charge >= 0.3 is 0 Å². The zero-order valence-electron chi connectivity index (χ0n) is 17.5. The molecule has 0 aliphatic carbocycles. The number of ketones is 1. The van der Waals surface area contributed by atoms with Crippen molar-refractivity contribution in [3.8, 4) is 23.0 Å². The molecule has 0 heterocycles. The van der Waals surface area contributed by atoms with Crippen LogP contribution in [0.15, 0.2) is 110 Å². The molecule has 0 aromatic heterocycles. The van der Waals surface area contributed by atoms with E-state index in [1.807, 2.05) is 72.8 Å². The van der Waals surface area contributed by atoms with Crippen molar-refractivity contribution in [2.75, 3.05) is 0 Å². The Balaban J connectivity index is 1.61. The van der Waals surface area contributed by atoms with Gasteiger partial charge < -0.3 is 9.47 Å². The molecule has 3 heteroatoms. The van der Waals surface area contributed by atoms with E-state index in [1.54, 1.807) is 36.4 Å². The molecule has 156 valence electrons. The van der Waals surface area contributed by atoms with Crippen LogP contribution in [0.25, 0.3) is 12.2 Å². The first-order valence-corrected chi connectivity index (χ1v) is 10.2. The Morgan fingerprint density at radius 3 is 1.34 bits per heavy atom. The molecular weight excluding hydrogens is 396 g/mol. The summed E-state index contributed by atoms with van der Waals surface area (Å²) in [6.45, 7) is 7.74. The molecule has 0 fully saturated rings. The number of rotatable bonds is 8. The number of para-hydroxylation sites is 2. The van der Waals surface area contributed by atoms with Crippen LogP contribution >= 0.6 is 0 Å². The van der Waals surface area contributed by atoms with E-state index in [1.165, 1.54) is 0 Å². The topological polar surface area (TPSA) is 35.5 Å². The van der Waals surface area contributed by atoms with E-state index < -0.39 is 0 Å². The summed E-state index contributed by atoms with van der Waals surface area (Å²) in [5.41, 5.74) is 2.48. The maximum absolute atomic E-state index is 13.4. The van der Waals surface area contributed by atoms with Crippen molar-refractivity contribution in [2.24, 2.45) is 0 Å². The van der Waals surface area contributed by atoms with Crippen molar-refractivity contribution in [1.82, 2.24) is 0 Å². The van der Waals surface area contributed by atoms with Crippen molar-refractivity contribution < 1.29 is 14.3 Å². The van der Waals surface area contributed by atoms with Gasteiger partial charge in [-0.3, -0.25) is 4.79 Å². The van der Waals surface area contributed by atoms with Crippen LogP contribution in [0.4, 0.5) is 0 Å². The Labute approximate surface area is 187 Å². The standard InChI is InChI=1S/C29H22O3/c1-3-21-19-25(31-23-11-7-5-8-12-23)15-17-27(21)29(30)28-18-16-26(20-22(28)4-2)32-24-13-9-6-10-14-24/h3-20H,1-2H2. The second-order valence-corrected chi connectivity index (χ2v) is 7.07. The highest BCUT2D eigenvalue weighted by Gasteiger charge is 2.17. The highest BCUT2D eigenvalue weighted by Crippen LogP contribution is 2.29. The smallest absolute Gasteiger partial charge is 0.194 e. The number of carbonyl (C=O) groups is 1. The van der Waals surface area contributed by atoms with Crippen LogP contribution in [0.5, 0.6) is 23.0 Å². The van der Waals surface area contributed by atoms with Crippen molar-refractivity contribution in [3.05, 3.63) is 132 Å². The first kappa shape index (κ1) is 20.9. The Morgan fingerprint density at radius 1 is 0.562 bits per heavy atom. The molecule has 0 saturated heterocycles. The molecule has 0 N–H and O–H groups in total. The molecule has 0 unspecified atom stereocenters. The fourth-order valence-corrected chi connectivity index (χ4v) is 3.35. The molecule has 4 aromatic rings. The zero-order valence-corrected chi connectivity index (χ0v) is 17.5. The second-order valence-electron chi connectivity index (χ2n) is 7.07. The molecule has 0 bridgehead atoms. The summed E-state index contributed by atoms with van der Waals surface area (Å²) >= 11 is 0. The number of carbonyl (C=O) groups excluding carboxylic acids is 1. The lowest BCUT2D eigenvalue weighted by Gasteiger charge is -2.13. The van der Waals surface area contributed by atoms with E-state index in [-0.39, 0.29) is 5.78 Å². The Morgan fingerprint density at radius 2 is 0.969 bits per heavy atom. The van der Waals surface area contributed by atoms with E-state index in [4.69, 9.17) is 9.47 Å². The molecule has 0 radical (unpaired) electrons. The lowest BCUT2D eigenvalue weighted by atomic mass is 9.94. The van der Waals surface area contributed by atoms with Crippen molar-refractivity contribution in [2.45, 2.75) is 0 Å². The average molecular weight is 418 g/mol. The molecule has 3 nitrogen and oxygen atoms in total. The van der Waals surface area contributed by atoms with Gasteiger partial charge in [0, 0.05) is 11.1 Å². The minimum absolute atomic E-state index is 0.118. The van der Waals surface area contributed by atoms with Crippen LogP contribution in [0, 0.1) is 0 Å². The molecule has 0 amide bonds. The van der Waals surface area contributed by atoms with Crippen LogP contribution in [0.1, 0.15) is 27.0 Å². The highest BCUT2D eigenvalue weighted by molar-refractivity contribution is 6.13. The monoisotopic (exact) mass is 418 g/mol. The largest absolute Gasteiger partial charge is 0.457 e. The minimum Gasteiger partial charge on any atom is -0.457 e. The molecular formula is C29H22O3. The van der Waals surface area contributed by atoms with E-state index in [0.717, 1.165) is 11.5 Å². The third kappa shape index (κ3) is 4.68. The summed E-state index contributed by atoms with van der Waals surface area (Å²) in [6.07, 6.45) is 3.32. The zero-order chi connectivity index (χ0) is 22.3. The number of hydrogen-bond donors (Lipinski definition) is 0. The molecule has 0 atom stereocenters. The van der Waals surface area contributed by atoms with E-state index >= 15 is 0 Å². The quantitative estimate of drug-likeness (QED) is 0.274. The van der Waals surface area contributed by atoms with Crippen molar-refractivity contribution >= 4 is 17.9 Å². The van der Waals surface area contributed by atoms with Crippen LogP contribution in [0.2, 0.25) is 0 Å². The third-order valence-electron chi connectivity index (χ3n) is 4.93. The molecule has 0 aliphatic heterocycles. The summed E-state index contributed by atoms with van der Waals surface area (Å²) in [6, 6.07) is 29.7. The van der Waals surface area contributed by atoms with Gasteiger partial charge in [-0.25, -0.2) is 0 Å². The number of hydrogen-bond acceptors (Lipinski definition) is 3. The van der Waals surface area contributed by atoms with Crippen LogP contribution in [-0.4, -0.2) is 5.78 Å². The maximum Gasteiger partial charge on any atom is 0.194 e. The Kier molecular flexibility index (Phi) is 6.28. The van der Waals surface area contributed by atoms with Gasteiger partial charge in [-0.1, -0.05) is 61.7 Å². The SMILES string of the molecule is C=Cc1cc(Oc2ccccc2)ccc1C(=O)c1ccc(Oc2ccccc2)cc1C=C. The van der Waals surface area contributed by atoms with E-state index in [2.05, 4.69) is 13.2 Å². The molecule has 0 aliphatic rings. The normalized spacial score (nSPS) is 10.2. The molecule has 4 rings (SSSR count). The third-order valence-corrected chi connectivity index (χ3v) is 4.93. The molecule has 32 heavy (non-hydrogen) atoms. The fraction of sp³-hybridized carbons (Fsp3) is 0. The number of benzene rings is 4. The van der Waals surface area contributed by atoms with Gasteiger partial charge in [0.2, 0.25) is 0 Å². The van der Waals surface area contributed by atoms with E-state index in [0.29, 0.717) is 33.8 Å². The lowest BCUT2D eigenvalue weighted by molar-refractivity contribution is 0.103. The summed E-state index contributed by atoms with van der Waals surface area (Å²) in [7, 11) is 0. The van der Waals surface area contributed by atoms with E-state index in [9.17, 15) is 4.79 Å². The summed E-state index contributed by atoms with van der Waals surface area (Å²) < 4.78 is 11.8. The van der Waals surface area contributed by atoms with Crippen molar-refractivity contribution in [3.63, 3.8) is 0 Å². The summed E-state index contributed by atoms with van der Waals surface area (Å²) in [4.78, 5) is 13.4. The molecule has 4 aromatic carbocycles.